The lowest BCUT2D eigenvalue weighted by molar-refractivity contribution is -0.179. The van der Waals surface area contributed by atoms with Crippen LogP contribution in [0.3, 0.4) is 0 Å². The summed E-state index contributed by atoms with van der Waals surface area (Å²) >= 11 is 0. The van der Waals surface area contributed by atoms with Crippen molar-refractivity contribution >= 4 is 0 Å². The molecule has 2 nitrogen and oxygen atoms in total. The van der Waals surface area contributed by atoms with Gasteiger partial charge in [-0.1, -0.05) is 51.1 Å². The predicted octanol–water partition coefficient (Wildman–Crippen LogP) is 3.94. The monoisotopic (exact) mass is 248 g/mol. The molecule has 2 atom stereocenters. The number of benzene rings is 1. The fourth-order valence-corrected chi connectivity index (χ4v) is 2.68. The molecule has 1 aliphatic heterocycles. The summed E-state index contributed by atoms with van der Waals surface area (Å²) in [5, 5.41) is 0. The molecule has 1 heterocycles. The molecule has 1 saturated heterocycles. The van der Waals surface area contributed by atoms with Crippen molar-refractivity contribution < 1.29 is 9.47 Å². The fraction of sp³-hybridized carbons (Fsp3) is 0.625. The normalized spacial score (nSPS) is 26.4. The molecule has 2 rings (SSSR count). The minimum Gasteiger partial charge on any atom is -0.344 e. The summed E-state index contributed by atoms with van der Waals surface area (Å²) in [6.45, 7) is 6.45. The van der Waals surface area contributed by atoms with Crippen LogP contribution in [0.15, 0.2) is 30.3 Å². The van der Waals surface area contributed by atoms with Crippen LogP contribution in [0, 0.1) is 0 Å². The van der Waals surface area contributed by atoms with Gasteiger partial charge in [-0.2, -0.15) is 0 Å². The summed E-state index contributed by atoms with van der Waals surface area (Å²) in [5.41, 5.74) is 1.33. The second-order valence-electron chi connectivity index (χ2n) is 5.03. The Morgan fingerprint density at radius 2 is 1.56 bits per heavy atom. The zero-order valence-corrected chi connectivity index (χ0v) is 11.7. The Labute approximate surface area is 110 Å². The van der Waals surface area contributed by atoms with Gasteiger partial charge in [0.15, 0.2) is 5.79 Å². The first-order chi connectivity index (χ1) is 8.73. The van der Waals surface area contributed by atoms with Crippen molar-refractivity contribution in [1.29, 1.82) is 0 Å². The molecule has 0 amide bonds. The standard InChI is InChI=1S/C16H24O2/c1-4-14-15(12-13-10-8-7-9-11-13)18-16(5-2,6-3)17-14/h7-11,14-15H,4-6,12H2,1-3H3. The van der Waals surface area contributed by atoms with Crippen molar-refractivity contribution in [3.63, 3.8) is 0 Å². The van der Waals surface area contributed by atoms with Crippen LogP contribution in [0.2, 0.25) is 0 Å². The third-order valence-corrected chi connectivity index (χ3v) is 3.91. The molecule has 0 aliphatic carbocycles. The van der Waals surface area contributed by atoms with Gasteiger partial charge in [-0.3, -0.25) is 0 Å². The molecule has 0 N–H and O–H groups in total. The number of hydrogen-bond donors (Lipinski definition) is 0. The van der Waals surface area contributed by atoms with Gasteiger partial charge in [-0.25, -0.2) is 0 Å². The Bertz CT molecular complexity index is 357. The van der Waals surface area contributed by atoms with Gasteiger partial charge in [0.25, 0.3) is 0 Å². The quantitative estimate of drug-likeness (QED) is 0.785. The summed E-state index contributed by atoms with van der Waals surface area (Å²) in [5.74, 6) is -0.347. The Morgan fingerprint density at radius 3 is 2.11 bits per heavy atom. The van der Waals surface area contributed by atoms with Crippen molar-refractivity contribution in [2.45, 2.75) is 64.4 Å². The SMILES string of the molecule is CCC1OC(CC)(CC)OC1Cc1ccccc1. The first-order valence-electron chi connectivity index (χ1n) is 7.12. The van der Waals surface area contributed by atoms with Gasteiger partial charge >= 0.3 is 0 Å². The first-order valence-corrected chi connectivity index (χ1v) is 7.12. The molecule has 2 unspecified atom stereocenters. The zero-order valence-electron chi connectivity index (χ0n) is 11.7. The minimum atomic E-state index is -0.347. The highest BCUT2D eigenvalue weighted by molar-refractivity contribution is 5.16. The number of rotatable bonds is 5. The number of hydrogen-bond acceptors (Lipinski definition) is 2. The molecule has 0 aromatic heterocycles. The van der Waals surface area contributed by atoms with E-state index in [-0.39, 0.29) is 18.0 Å². The molecule has 100 valence electrons. The third-order valence-electron chi connectivity index (χ3n) is 3.91. The molecule has 1 aromatic carbocycles. The van der Waals surface area contributed by atoms with Crippen LogP contribution in [0.5, 0.6) is 0 Å². The predicted molar refractivity (Wildman–Crippen MR) is 73.5 cm³/mol. The van der Waals surface area contributed by atoms with Crippen molar-refractivity contribution in [2.75, 3.05) is 0 Å². The average Bonchev–Trinajstić information content (AvgIpc) is 2.79. The molecule has 1 fully saturated rings. The summed E-state index contributed by atoms with van der Waals surface area (Å²) in [7, 11) is 0. The first kappa shape index (κ1) is 13.6. The van der Waals surface area contributed by atoms with Crippen LogP contribution in [0.25, 0.3) is 0 Å². The maximum Gasteiger partial charge on any atom is 0.168 e. The molecular weight excluding hydrogens is 224 g/mol. The maximum absolute atomic E-state index is 6.23. The fourth-order valence-electron chi connectivity index (χ4n) is 2.68. The summed E-state index contributed by atoms with van der Waals surface area (Å²) in [6.07, 6.45) is 4.22. The molecular formula is C16H24O2. The van der Waals surface area contributed by atoms with Crippen LogP contribution in [0.4, 0.5) is 0 Å². The molecule has 0 bridgehead atoms. The Hall–Kier alpha value is -0.860. The van der Waals surface area contributed by atoms with Gasteiger partial charge in [0.05, 0.1) is 12.2 Å². The van der Waals surface area contributed by atoms with E-state index in [1.807, 2.05) is 0 Å². The van der Waals surface area contributed by atoms with Crippen molar-refractivity contribution in [2.24, 2.45) is 0 Å². The molecule has 0 spiro atoms. The lowest BCUT2D eigenvalue weighted by Crippen LogP contribution is -2.29. The van der Waals surface area contributed by atoms with Crippen molar-refractivity contribution in [3.05, 3.63) is 35.9 Å². The second kappa shape index (κ2) is 5.85. The Balaban J connectivity index is 2.08. The van der Waals surface area contributed by atoms with E-state index in [9.17, 15) is 0 Å². The van der Waals surface area contributed by atoms with Crippen LogP contribution in [0.1, 0.15) is 45.6 Å². The van der Waals surface area contributed by atoms with E-state index in [2.05, 4.69) is 51.1 Å². The Kier molecular flexibility index (Phi) is 4.41. The van der Waals surface area contributed by atoms with Crippen molar-refractivity contribution in [1.82, 2.24) is 0 Å². The van der Waals surface area contributed by atoms with E-state index in [1.165, 1.54) is 5.56 Å². The summed E-state index contributed by atoms with van der Waals surface area (Å²) < 4.78 is 12.4. The molecule has 0 radical (unpaired) electrons. The van der Waals surface area contributed by atoms with Crippen LogP contribution < -0.4 is 0 Å². The van der Waals surface area contributed by atoms with E-state index >= 15 is 0 Å². The summed E-state index contributed by atoms with van der Waals surface area (Å²) in [4.78, 5) is 0. The van der Waals surface area contributed by atoms with E-state index in [0.29, 0.717) is 0 Å². The molecule has 1 aromatic rings. The van der Waals surface area contributed by atoms with E-state index in [0.717, 1.165) is 25.7 Å². The van der Waals surface area contributed by atoms with Gasteiger partial charge < -0.3 is 9.47 Å². The van der Waals surface area contributed by atoms with Gasteiger partial charge in [-0.05, 0) is 24.8 Å². The van der Waals surface area contributed by atoms with Crippen LogP contribution in [-0.2, 0) is 15.9 Å². The second-order valence-corrected chi connectivity index (χ2v) is 5.03. The topological polar surface area (TPSA) is 18.5 Å². The molecule has 18 heavy (non-hydrogen) atoms. The molecule has 2 heteroatoms. The largest absolute Gasteiger partial charge is 0.344 e. The Morgan fingerprint density at radius 1 is 0.944 bits per heavy atom. The molecule has 1 aliphatic rings. The minimum absolute atomic E-state index is 0.192. The van der Waals surface area contributed by atoms with Crippen LogP contribution in [-0.4, -0.2) is 18.0 Å². The molecule has 0 saturated carbocycles. The average molecular weight is 248 g/mol. The smallest absolute Gasteiger partial charge is 0.168 e. The van der Waals surface area contributed by atoms with E-state index < -0.39 is 0 Å². The van der Waals surface area contributed by atoms with Gasteiger partial charge in [-0.15, -0.1) is 0 Å². The van der Waals surface area contributed by atoms with E-state index in [1.54, 1.807) is 0 Å². The third kappa shape index (κ3) is 2.76. The zero-order chi connectivity index (χ0) is 13.0. The highest BCUT2D eigenvalue weighted by Crippen LogP contribution is 2.36. The highest BCUT2D eigenvalue weighted by atomic mass is 16.8. The summed E-state index contributed by atoms with van der Waals surface area (Å²) in [6, 6.07) is 10.5. The van der Waals surface area contributed by atoms with Crippen LogP contribution >= 0.6 is 0 Å². The highest BCUT2D eigenvalue weighted by Gasteiger charge is 2.44. The lowest BCUT2D eigenvalue weighted by atomic mass is 10.0. The van der Waals surface area contributed by atoms with Crippen molar-refractivity contribution in [3.8, 4) is 0 Å². The van der Waals surface area contributed by atoms with Gasteiger partial charge in [0, 0.05) is 6.42 Å². The maximum atomic E-state index is 6.23. The lowest BCUT2D eigenvalue weighted by Gasteiger charge is -2.25. The van der Waals surface area contributed by atoms with Gasteiger partial charge in [0.2, 0.25) is 0 Å². The number of ether oxygens (including phenoxy) is 2. The van der Waals surface area contributed by atoms with Gasteiger partial charge in [0.1, 0.15) is 0 Å². The van der Waals surface area contributed by atoms with E-state index in [4.69, 9.17) is 9.47 Å².